The van der Waals surface area contributed by atoms with Gasteiger partial charge >= 0.3 is 5.97 Å². The Kier molecular flexibility index (Phi) is 7.79. The van der Waals surface area contributed by atoms with E-state index in [1.807, 2.05) is 18.2 Å². The summed E-state index contributed by atoms with van der Waals surface area (Å²) >= 11 is 0. The molecule has 1 amide bonds. The number of amides is 1. The number of pyridine rings is 1. The molecule has 4 N–H and O–H groups in total. The molecule has 0 bridgehead atoms. The highest BCUT2D eigenvalue weighted by molar-refractivity contribution is 5.98. The maximum Gasteiger partial charge on any atom is 0.338 e. The first-order chi connectivity index (χ1) is 17.0. The molecule has 9 nitrogen and oxygen atoms in total. The van der Waals surface area contributed by atoms with Crippen LogP contribution in [0.15, 0.2) is 60.8 Å². The fourth-order valence-electron chi connectivity index (χ4n) is 3.81. The average molecular weight is 476 g/mol. The molecule has 35 heavy (non-hydrogen) atoms. The monoisotopic (exact) mass is 475 g/mol. The number of carbonyl (C=O) groups excluding carboxylic acids is 2. The van der Waals surface area contributed by atoms with Crippen LogP contribution < -0.4 is 21.3 Å². The minimum absolute atomic E-state index is 0.278. The van der Waals surface area contributed by atoms with Gasteiger partial charge in [-0.3, -0.25) is 4.79 Å². The number of benzene rings is 2. The summed E-state index contributed by atoms with van der Waals surface area (Å²) in [6.07, 6.45) is 1.45. The van der Waals surface area contributed by atoms with E-state index < -0.39 is 5.91 Å². The Bertz CT molecular complexity index is 1180. The molecule has 9 heteroatoms. The van der Waals surface area contributed by atoms with Crippen molar-refractivity contribution in [2.45, 2.75) is 13.5 Å². The van der Waals surface area contributed by atoms with Crippen LogP contribution in [0.3, 0.4) is 0 Å². The van der Waals surface area contributed by atoms with Crippen molar-refractivity contribution in [3.63, 3.8) is 0 Å². The number of ether oxygens (including phenoxy) is 2. The van der Waals surface area contributed by atoms with Gasteiger partial charge in [0.2, 0.25) is 0 Å². The predicted octanol–water partition coefficient (Wildman–Crippen LogP) is 3.55. The van der Waals surface area contributed by atoms with Crippen LogP contribution in [0.25, 0.3) is 0 Å². The number of esters is 1. The zero-order valence-corrected chi connectivity index (χ0v) is 19.6. The van der Waals surface area contributed by atoms with Gasteiger partial charge in [0.1, 0.15) is 5.82 Å². The lowest BCUT2D eigenvalue weighted by molar-refractivity contribution is 0.0526. The number of morpholine rings is 1. The fraction of sp³-hybridized carbons (Fsp3) is 0.269. The Labute approximate surface area is 204 Å². The first-order valence-electron chi connectivity index (χ1n) is 11.5. The van der Waals surface area contributed by atoms with E-state index in [1.165, 1.54) is 6.20 Å². The first kappa shape index (κ1) is 24.0. The third kappa shape index (κ3) is 6.27. The summed E-state index contributed by atoms with van der Waals surface area (Å²) in [5, 5.41) is 6.51. The summed E-state index contributed by atoms with van der Waals surface area (Å²) < 4.78 is 10.5. The third-order valence-corrected chi connectivity index (χ3v) is 5.61. The molecule has 0 saturated carbocycles. The fourth-order valence-corrected chi connectivity index (χ4v) is 3.81. The van der Waals surface area contributed by atoms with E-state index in [2.05, 4.69) is 32.7 Å². The highest BCUT2D eigenvalue weighted by Gasteiger charge is 2.13. The number of rotatable bonds is 9. The summed E-state index contributed by atoms with van der Waals surface area (Å²) in [6.45, 7) is 5.68. The van der Waals surface area contributed by atoms with Crippen molar-refractivity contribution in [2.75, 3.05) is 48.4 Å². The van der Waals surface area contributed by atoms with Crippen molar-refractivity contribution < 1.29 is 19.1 Å². The second-order valence-corrected chi connectivity index (χ2v) is 8.03. The SMILES string of the molecule is CCOC(=O)c1cccc(CNc2cc(Nc3ccc(N4CCOCC4)cc3)ncc2C(N)=O)c1. The lowest BCUT2D eigenvalue weighted by atomic mass is 10.1. The lowest BCUT2D eigenvalue weighted by Gasteiger charge is -2.28. The molecular formula is C26H29N5O4. The van der Waals surface area contributed by atoms with Crippen LogP contribution in [-0.4, -0.2) is 49.8 Å². The van der Waals surface area contributed by atoms with E-state index in [9.17, 15) is 9.59 Å². The van der Waals surface area contributed by atoms with Crippen molar-refractivity contribution in [1.29, 1.82) is 0 Å². The Morgan fingerprint density at radius 3 is 2.60 bits per heavy atom. The molecule has 4 rings (SSSR count). The number of primary amides is 1. The first-order valence-corrected chi connectivity index (χ1v) is 11.5. The Morgan fingerprint density at radius 1 is 1.11 bits per heavy atom. The van der Waals surface area contributed by atoms with Crippen LogP contribution >= 0.6 is 0 Å². The molecule has 0 unspecified atom stereocenters. The summed E-state index contributed by atoms with van der Waals surface area (Å²) in [5.41, 5.74) is 9.72. The van der Waals surface area contributed by atoms with Gasteiger partial charge in [-0.25, -0.2) is 9.78 Å². The van der Waals surface area contributed by atoms with Crippen molar-refractivity contribution in [3.05, 3.63) is 77.5 Å². The minimum atomic E-state index is -0.582. The van der Waals surface area contributed by atoms with Crippen molar-refractivity contribution in [1.82, 2.24) is 4.98 Å². The van der Waals surface area contributed by atoms with E-state index in [0.717, 1.165) is 43.2 Å². The van der Waals surface area contributed by atoms with Gasteiger partial charge < -0.3 is 30.7 Å². The lowest BCUT2D eigenvalue weighted by Crippen LogP contribution is -2.36. The molecule has 1 aromatic heterocycles. The van der Waals surface area contributed by atoms with Gasteiger partial charge in [0.25, 0.3) is 5.91 Å². The second-order valence-electron chi connectivity index (χ2n) is 8.03. The molecule has 3 aromatic rings. The topological polar surface area (TPSA) is 119 Å². The molecule has 1 aliphatic rings. The number of carbonyl (C=O) groups is 2. The van der Waals surface area contributed by atoms with Gasteiger partial charge in [0.05, 0.1) is 36.6 Å². The molecule has 1 aliphatic heterocycles. The average Bonchev–Trinajstić information content (AvgIpc) is 2.89. The third-order valence-electron chi connectivity index (χ3n) is 5.61. The Balaban J connectivity index is 1.46. The van der Waals surface area contributed by atoms with Crippen LogP contribution in [0.4, 0.5) is 22.9 Å². The zero-order chi connectivity index (χ0) is 24.6. The predicted molar refractivity (Wildman–Crippen MR) is 135 cm³/mol. The van der Waals surface area contributed by atoms with E-state index in [1.54, 1.807) is 31.2 Å². The minimum Gasteiger partial charge on any atom is -0.462 e. The van der Waals surface area contributed by atoms with Crippen LogP contribution in [0.2, 0.25) is 0 Å². The van der Waals surface area contributed by atoms with Gasteiger partial charge in [0.15, 0.2) is 0 Å². The molecular weight excluding hydrogens is 446 g/mol. The number of nitrogens with one attached hydrogen (secondary N) is 2. The molecule has 1 fully saturated rings. The Morgan fingerprint density at radius 2 is 1.89 bits per heavy atom. The maximum atomic E-state index is 12.0. The van der Waals surface area contributed by atoms with Crippen LogP contribution in [0.5, 0.6) is 0 Å². The van der Waals surface area contributed by atoms with Crippen molar-refractivity contribution in [3.8, 4) is 0 Å². The number of nitrogens with zero attached hydrogens (tertiary/aromatic N) is 2. The van der Waals surface area contributed by atoms with Crippen molar-refractivity contribution in [2.24, 2.45) is 5.73 Å². The normalized spacial score (nSPS) is 13.2. The van der Waals surface area contributed by atoms with Gasteiger partial charge in [-0.2, -0.15) is 0 Å². The van der Waals surface area contributed by atoms with E-state index in [-0.39, 0.29) is 11.5 Å². The zero-order valence-electron chi connectivity index (χ0n) is 19.6. The van der Waals surface area contributed by atoms with Gasteiger partial charge in [0, 0.05) is 43.3 Å². The number of hydrogen-bond acceptors (Lipinski definition) is 8. The van der Waals surface area contributed by atoms with Gasteiger partial charge in [-0.05, 0) is 48.9 Å². The van der Waals surface area contributed by atoms with Crippen LogP contribution in [0, 0.1) is 0 Å². The molecule has 2 aromatic carbocycles. The van der Waals surface area contributed by atoms with Crippen LogP contribution in [0.1, 0.15) is 33.2 Å². The van der Waals surface area contributed by atoms with E-state index in [0.29, 0.717) is 30.2 Å². The van der Waals surface area contributed by atoms with Crippen molar-refractivity contribution >= 4 is 34.8 Å². The summed E-state index contributed by atoms with van der Waals surface area (Å²) in [4.78, 5) is 30.6. The summed E-state index contributed by atoms with van der Waals surface area (Å²) in [7, 11) is 0. The maximum absolute atomic E-state index is 12.0. The molecule has 0 spiro atoms. The smallest absolute Gasteiger partial charge is 0.338 e. The number of hydrogen-bond donors (Lipinski definition) is 3. The Hall–Kier alpha value is -4.11. The van der Waals surface area contributed by atoms with E-state index >= 15 is 0 Å². The van der Waals surface area contributed by atoms with E-state index in [4.69, 9.17) is 15.2 Å². The molecule has 0 aliphatic carbocycles. The van der Waals surface area contributed by atoms with Gasteiger partial charge in [-0.15, -0.1) is 0 Å². The molecule has 0 atom stereocenters. The standard InChI is InChI=1S/C26H29N5O4/c1-2-35-26(33)19-5-3-4-18(14-19)16-28-23-15-24(29-17-22(23)25(27)32)30-20-6-8-21(9-7-20)31-10-12-34-13-11-31/h3-9,14-15,17H,2,10-13,16H2,1H3,(H2,27,32)(H2,28,29,30). The quantitative estimate of drug-likeness (QED) is 0.402. The molecule has 2 heterocycles. The summed E-state index contributed by atoms with van der Waals surface area (Å²) in [6, 6.07) is 17.0. The van der Waals surface area contributed by atoms with Gasteiger partial charge in [-0.1, -0.05) is 12.1 Å². The largest absolute Gasteiger partial charge is 0.462 e. The second kappa shape index (κ2) is 11.3. The highest BCUT2D eigenvalue weighted by Crippen LogP contribution is 2.24. The number of nitrogens with two attached hydrogens (primary N) is 1. The number of aromatic nitrogens is 1. The highest BCUT2D eigenvalue weighted by atomic mass is 16.5. The molecule has 0 radical (unpaired) electrons. The molecule has 182 valence electrons. The number of anilines is 4. The summed E-state index contributed by atoms with van der Waals surface area (Å²) in [5.74, 6) is -0.388. The van der Waals surface area contributed by atoms with Crippen LogP contribution in [-0.2, 0) is 16.0 Å². The molecule has 1 saturated heterocycles.